The van der Waals surface area contributed by atoms with Crippen LogP contribution in [0.15, 0.2) is 36.4 Å². The highest BCUT2D eigenvalue weighted by Crippen LogP contribution is 2.27. The summed E-state index contributed by atoms with van der Waals surface area (Å²) in [4.78, 5) is 0. The van der Waals surface area contributed by atoms with E-state index in [2.05, 4.69) is 35.6 Å². The number of fused-ring (bicyclic) bond motifs is 1. The average Bonchev–Trinajstić information content (AvgIpc) is 2.47. The number of hydrogen-bond donors (Lipinski definition) is 1. The number of benzene rings is 2. The monoisotopic (exact) mass is 273 g/mol. The fourth-order valence-corrected chi connectivity index (χ4v) is 2.23. The second-order valence-electron chi connectivity index (χ2n) is 4.62. The summed E-state index contributed by atoms with van der Waals surface area (Å²) in [6.07, 6.45) is 0. The lowest BCUT2D eigenvalue weighted by molar-refractivity contribution is 0.149. The van der Waals surface area contributed by atoms with E-state index in [-0.39, 0.29) is 0 Å². The van der Waals surface area contributed by atoms with E-state index in [9.17, 15) is 0 Å². The van der Waals surface area contributed by atoms with E-state index in [1.165, 1.54) is 16.3 Å². The molecule has 0 saturated heterocycles. The van der Waals surface area contributed by atoms with Gasteiger partial charge in [0.25, 0.3) is 0 Å². The third-order valence-corrected chi connectivity index (χ3v) is 3.14. The normalized spacial score (nSPS) is 10.9. The molecule has 0 aromatic heterocycles. The molecule has 2 rings (SSSR count). The fraction of sp³-hybridized carbons (Fsp3) is 0.412. The molecule has 0 atom stereocenters. The van der Waals surface area contributed by atoms with Crippen molar-refractivity contribution in [2.45, 2.75) is 20.4 Å². The Balaban J connectivity index is 2.09. The van der Waals surface area contributed by atoms with E-state index < -0.39 is 0 Å². The minimum Gasteiger partial charge on any atom is -0.493 e. The third-order valence-electron chi connectivity index (χ3n) is 3.14. The molecular formula is C17H23NO2. The molecule has 2 aromatic carbocycles. The first-order valence-electron chi connectivity index (χ1n) is 7.28. The van der Waals surface area contributed by atoms with Crippen LogP contribution in [0.25, 0.3) is 10.8 Å². The Morgan fingerprint density at radius 1 is 1.05 bits per heavy atom. The molecule has 0 saturated carbocycles. The number of nitrogens with one attached hydrogen (secondary N) is 1. The van der Waals surface area contributed by atoms with Gasteiger partial charge in [0.1, 0.15) is 5.75 Å². The molecule has 2 aromatic rings. The van der Waals surface area contributed by atoms with Crippen LogP contribution >= 0.6 is 0 Å². The van der Waals surface area contributed by atoms with E-state index in [1.807, 2.05) is 19.9 Å². The topological polar surface area (TPSA) is 30.5 Å². The summed E-state index contributed by atoms with van der Waals surface area (Å²) in [7, 11) is 0. The summed E-state index contributed by atoms with van der Waals surface area (Å²) in [6, 6.07) is 12.7. The Morgan fingerprint density at radius 3 is 2.70 bits per heavy atom. The summed E-state index contributed by atoms with van der Waals surface area (Å²) >= 11 is 0. The third kappa shape index (κ3) is 3.95. The van der Waals surface area contributed by atoms with Crippen LogP contribution in [0, 0.1) is 0 Å². The van der Waals surface area contributed by atoms with Crippen LogP contribution in [0.1, 0.15) is 19.4 Å². The zero-order chi connectivity index (χ0) is 14.2. The van der Waals surface area contributed by atoms with Crippen molar-refractivity contribution >= 4 is 10.8 Å². The van der Waals surface area contributed by atoms with E-state index in [1.54, 1.807) is 0 Å². The molecule has 3 nitrogen and oxygen atoms in total. The van der Waals surface area contributed by atoms with Gasteiger partial charge in [-0.25, -0.2) is 0 Å². The molecule has 0 aliphatic rings. The number of ether oxygens (including phenoxy) is 2. The van der Waals surface area contributed by atoms with Crippen LogP contribution in [-0.4, -0.2) is 26.4 Å². The summed E-state index contributed by atoms with van der Waals surface area (Å²) in [5.74, 6) is 0.965. The minimum atomic E-state index is 0.686. The fourth-order valence-electron chi connectivity index (χ4n) is 2.23. The van der Waals surface area contributed by atoms with E-state index >= 15 is 0 Å². The van der Waals surface area contributed by atoms with Crippen molar-refractivity contribution < 1.29 is 9.47 Å². The smallest absolute Gasteiger partial charge is 0.127 e. The Bertz CT molecular complexity index is 540. The van der Waals surface area contributed by atoms with Crippen molar-refractivity contribution in [3.05, 3.63) is 42.0 Å². The molecule has 0 bridgehead atoms. The number of rotatable bonds is 8. The first-order chi connectivity index (χ1) is 9.85. The Kier molecular flexibility index (Phi) is 5.84. The Labute approximate surface area is 120 Å². The zero-order valence-corrected chi connectivity index (χ0v) is 12.3. The molecule has 0 heterocycles. The van der Waals surface area contributed by atoms with Crippen molar-refractivity contribution in [3.8, 4) is 5.75 Å². The highest BCUT2D eigenvalue weighted by Gasteiger charge is 2.04. The summed E-state index contributed by atoms with van der Waals surface area (Å²) in [6.45, 7) is 7.93. The van der Waals surface area contributed by atoms with Crippen molar-refractivity contribution in [3.63, 3.8) is 0 Å². The van der Waals surface area contributed by atoms with E-state index in [4.69, 9.17) is 9.47 Å². The van der Waals surface area contributed by atoms with Gasteiger partial charge in [-0.2, -0.15) is 0 Å². The molecular weight excluding hydrogens is 250 g/mol. The Morgan fingerprint density at radius 2 is 1.90 bits per heavy atom. The highest BCUT2D eigenvalue weighted by atomic mass is 16.5. The molecule has 20 heavy (non-hydrogen) atoms. The van der Waals surface area contributed by atoms with Gasteiger partial charge >= 0.3 is 0 Å². The number of hydrogen-bond acceptors (Lipinski definition) is 3. The zero-order valence-electron chi connectivity index (χ0n) is 12.3. The lowest BCUT2D eigenvalue weighted by Crippen LogP contribution is -2.19. The Hall–Kier alpha value is -1.58. The van der Waals surface area contributed by atoms with Crippen molar-refractivity contribution in [2.24, 2.45) is 0 Å². The van der Waals surface area contributed by atoms with Gasteiger partial charge in [-0.3, -0.25) is 0 Å². The summed E-state index contributed by atoms with van der Waals surface area (Å²) in [5, 5.41) is 5.79. The molecule has 3 heteroatoms. The minimum absolute atomic E-state index is 0.686. The SMILES string of the molecule is CCOCCNCc1cc(OCC)c2ccccc2c1. The molecule has 0 fully saturated rings. The predicted octanol–water partition coefficient (Wildman–Crippen LogP) is 3.36. The van der Waals surface area contributed by atoms with Gasteiger partial charge in [0.05, 0.1) is 13.2 Å². The molecule has 0 aliphatic heterocycles. The first kappa shape index (κ1) is 14.8. The predicted molar refractivity (Wildman–Crippen MR) is 83.3 cm³/mol. The molecule has 0 unspecified atom stereocenters. The van der Waals surface area contributed by atoms with Crippen molar-refractivity contribution in [1.29, 1.82) is 0 Å². The lowest BCUT2D eigenvalue weighted by atomic mass is 10.1. The van der Waals surface area contributed by atoms with Crippen LogP contribution in [0.4, 0.5) is 0 Å². The second kappa shape index (κ2) is 7.88. The first-order valence-corrected chi connectivity index (χ1v) is 7.28. The van der Waals surface area contributed by atoms with Gasteiger partial charge in [-0.1, -0.05) is 24.3 Å². The summed E-state index contributed by atoms with van der Waals surface area (Å²) < 4.78 is 11.1. The maximum atomic E-state index is 5.75. The molecule has 0 aliphatic carbocycles. The van der Waals surface area contributed by atoms with Gasteiger partial charge in [0.15, 0.2) is 0 Å². The van der Waals surface area contributed by atoms with Gasteiger partial charge in [0.2, 0.25) is 0 Å². The van der Waals surface area contributed by atoms with Crippen LogP contribution in [0.5, 0.6) is 5.75 Å². The van der Waals surface area contributed by atoms with Crippen LogP contribution in [0.3, 0.4) is 0 Å². The molecule has 108 valence electrons. The standard InChI is InChI=1S/C17H23NO2/c1-3-19-10-9-18-13-14-11-15-7-5-6-8-16(15)17(12-14)20-4-2/h5-8,11-12,18H,3-4,9-10,13H2,1-2H3. The van der Waals surface area contributed by atoms with Crippen LogP contribution in [-0.2, 0) is 11.3 Å². The van der Waals surface area contributed by atoms with Gasteiger partial charge < -0.3 is 14.8 Å². The lowest BCUT2D eigenvalue weighted by Gasteiger charge is -2.11. The van der Waals surface area contributed by atoms with Crippen molar-refractivity contribution in [1.82, 2.24) is 5.32 Å². The quantitative estimate of drug-likeness (QED) is 0.748. The molecule has 0 amide bonds. The van der Waals surface area contributed by atoms with Crippen molar-refractivity contribution in [2.75, 3.05) is 26.4 Å². The van der Waals surface area contributed by atoms with E-state index in [0.29, 0.717) is 6.61 Å². The average molecular weight is 273 g/mol. The van der Waals surface area contributed by atoms with Crippen LogP contribution < -0.4 is 10.1 Å². The van der Waals surface area contributed by atoms with Crippen LogP contribution in [0.2, 0.25) is 0 Å². The highest BCUT2D eigenvalue weighted by molar-refractivity contribution is 5.89. The van der Waals surface area contributed by atoms with Gasteiger partial charge in [-0.15, -0.1) is 0 Å². The maximum Gasteiger partial charge on any atom is 0.127 e. The van der Waals surface area contributed by atoms with Gasteiger partial charge in [0, 0.05) is 25.1 Å². The molecule has 0 radical (unpaired) electrons. The largest absolute Gasteiger partial charge is 0.493 e. The molecule has 0 spiro atoms. The summed E-state index contributed by atoms with van der Waals surface area (Å²) in [5.41, 5.74) is 1.24. The molecule has 1 N–H and O–H groups in total. The maximum absolute atomic E-state index is 5.75. The second-order valence-corrected chi connectivity index (χ2v) is 4.62. The van der Waals surface area contributed by atoms with E-state index in [0.717, 1.165) is 32.1 Å². The van der Waals surface area contributed by atoms with Gasteiger partial charge in [-0.05, 0) is 36.9 Å².